The number of rotatable bonds is 6. The molecule has 0 aliphatic heterocycles. The second-order valence-electron chi connectivity index (χ2n) is 6.21. The van der Waals surface area contributed by atoms with Crippen molar-refractivity contribution in [3.8, 4) is 0 Å². The average Bonchev–Trinajstić information content (AvgIpc) is 2.97. The Morgan fingerprint density at radius 2 is 2.04 bits per heavy atom. The molecule has 0 bridgehead atoms. The quantitative estimate of drug-likeness (QED) is 0.803. The molecule has 0 unspecified atom stereocenters. The number of nitrogens with one attached hydrogen (secondary N) is 2. The summed E-state index contributed by atoms with van der Waals surface area (Å²) < 4.78 is 23.3. The molecule has 1 aromatic heterocycles. The van der Waals surface area contributed by atoms with Crippen LogP contribution in [0.25, 0.3) is 0 Å². The van der Waals surface area contributed by atoms with Crippen molar-refractivity contribution in [1.29, 1.82) is 0 Å². The molecule has 2 aromatic rings. The zero-order valence-corrected chi connectivity index (χ0v) is 16.4. The third kappa shape index (κ3) is 5.54. The van der Waals surface area contributed by atoms with Crippen LogP contribution in [0.1, 0.15) is 36.0 Å². The van der Waals surface area contributed by atoms with Crippen molar-refractivity contribution < 1.29 is 13.2 Å². The Bertz CT molecular complexity index is 858. The molecular formula is C17H23N3O3S2. The summed E-state index contributed by atoms with van der Waals surface area (Å²) in [5.41, 5.74) is 2.24. The van der Waals surface area contributed by atoms with Gasteiger partial charge in [0.2, 0.25) is 0 Å². The number of amides is 2. The average molecular weight is 382 g/mol. The summed E-state index contributed by atoms with van der Waals surface area (Å²) in [6, 6.07) is 4.31. The molecule has 25 heavy (non-hydrogen) atoms. The van der Waals surface area contributed by atoms with E-state index in [1.807, 2.05) is 12.3 Å². The van der Waals surface area contributed by atoms with E-state index in [0.717, 1.165) is 22.5 Å². The Hall–Kier alpha value is -1.93. The second-order valence-corrected chi connectivity index (χ2v) is 9.12. The van der Waals surface area contributed by atoms with Gasteiger partial charge in [-0.2, -0.15) is 0 Å². The molecule has 1 heterocycles. The maximum Gasteiger partial charge on any atom is 0.319 e. The number of anilines is 1. The van der Waals surface area contributed by atoms with Gasteiger partial charge in [-0.15, -0.1) is 11.3 Å². The van der Waals surface area contributed by atoms with Crippen LogP contribution in [0.15, 0.2) is 28.5 Å². The van der Waals surface area contributed by atoms with E-state index in [-0.39, 0.29) is 10.9 Å². The minimum Gasteiger partial charge on any atom is -0.337 e. The highest BCUT2D eigenvalue weighted by Crippen LogP contribution is 2.20. The third-order valence-corrected chi connectivity index (χ3v) is 5.92. The third-order valence-electron chi connectivity index (χ3n) is 3.62. The zero-order chi connectivity index (χ0) is 18.6. The summed E-state index contributed by atoms with van der Waals surface area (Å²) in [5.74, 6) is 0.403. The van der Waals surface area contributed by atoms with Gasteiger partial charge in [-0.3, -0.25) is 0 Å². The van der Waals surface area contributed by atoms with Gasteiger partial charge in [0.05, 0.1) is 15.6 Å². The summed E-state index contributed by atoms with van der Waals surface area (Å²) in [5, 5.41) is 8.57. The molecule has 0 radical (unpaired) electrons. The van der Waals surface area contributed by atoms with Gasteiger partial charge < -0.3 is 10.6 Å². The number of benzene rings is 1. The lowest BCUT2D eigenvalue weighted by molar-refractivity contribution is 0.252. The van der Waals surface area contributed by atoms with Crippen LogP contribution in [0.5, 0.6) is 0 Å². The maximum absolute atomic E-state index is 12.0. The van der Waals surface area contributed by atoms with Crippen molar-refractivity contribution in [1.82, 2.24) is 10.3 Å². The topological polar surface area (TPSA) is 88.2 Å². The van der Waals surface area contributed by atoms with Crippen LogP contribution in [0.2, 0.25) is 0 Å². The van der Waals surface area contributed by atoms with E-state index in [1.165, 1.54) is 12.1 Å². The van der Waals surface area contributed by atoms with E-state index in [4.69, 9.17) is 0 Å². The Morgan fingerprint density at radius 1 is 1.32 bits per heavy atom. The van der Waals surface area contributed by atoms with Crippen LogP contribution in [0.3, 0.4) is 0 Å². The van der Waals surface area contributed by atoms with E-state index in [1.54, 1.807) is 17.4 Å². The maximum atomic E-state index is 12.0. The highest BCUT2D eigenvalue weighted by Gasteiger charge is 2.11. The summed E-state index contributed by atoms with van der Waals surface area (Å²) in [7, 11) is -3.31. The zero-order valence-electron chi connectivity index (χ0n) is 14.8. The molecule has 2 amide bonds. The van der Waals surface area contributed by atoms with Crippen LogP contribution < -0.4 is 10.6 Å². The van der Waals surface area contributed by atoms with Gasteiger partial charge in [0.25, 0.3) is 0 Å². The lowest BCUT2D eigenvalue weighted by atomic mass is 10.2. The molecule has 8 heteroatoms. The van der Waals surface area contributed by atoms with E-state index in [9.17, 15) is 13.2 Å². The van der Waals surface area contributed by atoms with Crippen LogP contribution in [-0.4, -0.2) is 32.2 Å². The van der Waals surface area contributed by atoms with E-state index in [2.05, 4.69) is 29.5 Å². The van der Waals surface area contributed by atoms with Gasteiger partial charge in [0.15, 0.2) is 9.84 Å². The molecule has 2 N–H and O–H groups in total. The Kier molecular flexibility index (Phi) is 6.18. The fourth-order valence-electron chi connectivity index (χ4n) is 2.14. The normalized spacial score (nSPS) is 11.6. The van der Waals surface area contributed by atoms with Crippen molar-refractivity contribution in [3.05, 3.63) is 39.8 Å². The Balaban J connectivity index is 1.92. The number of hydrogen-bond acceptors (Lipinski definition) is 5. The first kappa shape index (κ1) is 19.4. The summed E-state index contributed by atoms with van der Waals surface area (Å²) >= 11 is 1.63. The number of thiazole rings is 1. The van der Waals surface area contributed by atoms with Crippen LogP contribution in [0, 0.1) is 6.92 Å². The molecular weight excluding hydrogens is 358 g/mol. The van der Waals surface area contributed by atoms with Crippen molar-refractivity contribution >= 4 is 32.9 Å². The van der Waals surface area contributed by atoms with Gasteiger partial charge in [-0.05, 0) is 24.6 Å². The van der Waals surface area contributed by atoms with Gasteiger partial charge in [0, 0.05) is 36.2 Å². The number of urea groups is 1. The van der Waals surface area contributed by atoms with Gasteiger partial charge in [0.1, 0.15) is 0 Å². The Morgan fingerprint density at radius 3 is 2.64 bits per heavy atom. The smallest absolute Gasteiger partial charge is 0.319 e. The van der Waals surface area contributed by atoms with Gasteiger partial charge >= 0.3 is 6.03 Å². The monoisotopic (exact) mass is 381 g/mol. The fourth-order valence-corrected chi connectivity index (χ4v) is 3.66. The minimum absolute atomic E-state index is 0.178. The Labute approximate surface area is 152 Å². The second kappa shape index (κ2) is 7.97. The first-order valence-electron chi connectivity index (χ1n) is 7.96. The lowest BCUT2D eigenvalue weighted by Crippen LogP contribution is -2.30. The molecule has 0 fully saturated rings. The molecule has 2 rings (SSSR count). The molecule has 136 valence electrons. The standard InChI is InChI=1S/C17H23N3O3S2/c1-11(2)16-19-13(10-24-16)7-8-18-17(21)20-15-9-14(25(4,22)23)6-5-12(15)3/h5-6,9-11H,7-8H2,1-4H3,(H2,18,20,21). The molecule has 0 aliphatic carbocycles. The summed E-state index contributed by atoms with van der Waals surface area (Å²) in [4.78, 5) is 16.7. The fraction of sp³-hybridized carbons (Fsp3) is 0.412. The number of aryl methyl sites for hydroxylation is 1. The van der Waals surface area contributed by atoms with Crippen LogP contribution in [-0.2, 0) is 16.3 Å². The molecule has 0 spiro atoms. The number of carbonyl (C=O) groups is 1. The number of hydrogen-bond donors (Lipinski definition) is 2. The molecule has 0 saturated carbocycles. The largest absolute Gasteiger partial charge is 0.337 e. The number of nitrogens with zero attached hydrogens (tertiary/aromatic N) is 1. The highest BCUT2D eigenvalue weighted by atomic mass is 32.2. The lowest BCUT2D eigenvalue weighted by Gasteiger charge is -2.11. The summed E-state index contributed by atoms with van der Waals surface area (Å²) in [6.07, 6.45) is 1.79. The first-order valence-corrected chi connectivity index (χ1v) is 10.7. The van der Waals surface area contributed by atoms with Gasteiger partial charge in [-0.25, -0.2) is 18.2 Å². The van der Waals surface area contributed by atoms with E-state index < -0.39 is 9.84 Å². The summed E-state index contributed by atoms with van der Waals surface area (Å²) in [6.45, 7) is 6.46. The number of sulfone groups is 1. The van der Waals surface area contributed by atoms with Crippen LogP contribution in [0.4, 0.5) is 10.5 Å². The number of aromatic nitrogens is 1. The molecule has 0 saturated heterocycles. The van der Waals surface area contributed by atoms with E-state index >= 15 is 0 Å². The predicted molar refractivity (Wildman–Crippen MR) is 101 cm³/mol. The van der Waals surface area contributed by atoms with Crippen LogP contribution >= 0.6 is 11.3 Å². The van der Waals surface area contributed by atoms with Gasteiger partial charge in [-0.1, -0.05) is 19.9 Å². The molecule has 0 atom stereocenters. The minimum atomic E-state index is -3.31. The molecule has 1 aromatic carbocycles. The van der Waals surface area contributed by atoms with E-state index in [0.29, 0.717) is 24.6 Å². The van der Waals surface area contributed by atoms with Crippen molar-refractivity contribution in [2.24, 2.45) is 0 Å². The van der Waals surface area contributed by atoms with Crippen molar-refractivity contribution in [2.75, 3.05) is 18.1 Å². The first-order chi connectivity index (χ1) is 11.7. The SMILES string of the molecule is Cc1ccc(S(C)(=O)=O)cc1NC(=O)NCCc1csc(C(C)C)n1. The molecule has 6 nitrogen and oxygen atoms in total. The number of carbonyl (C=O) groups excluding carboxylic acids is 1. The van der Waals surface area contributed by atoms with Crippen molar-refractivity contribution in [2.45, 2.75) is 38.0 Å². The van der Waals surface area contributed by atoms with Crippen molar-refractivity contribution in [3.63, 3.8) is 0 Å². The highest BCUT2D eigenvalue weighted by molar-refractivity contribution is 7.90. The predicted octanol–water partition coefficient (Wildman–Crippen LogP) is 3.34. The molecule has 0 aliphatic rings.